The van der Waals surface area contributed by atoms with Gasteiger partial charge in [-0.1, -0.05) is 0 Å². The molecular formula is C14H25N3S. The van der Waals surface area contributed by atoms with Gasteiger partial charge in [0.25, 0.3) is 0 Å². The molecule has 1 atom stereocenters. The molecular weight excluding hydrogens is 242 g/mol. The normalized spacial score (nSPS) is 23.2. The van der Waals surface area contributed by atoms with Gasteiger partial charge in [-0.2, -0.15) is 0 Å². The summed E-state index contributed by atoms with van der Waals surface area (Å²) < 4.78 is 0. The van der Waals surface area contributed by atoms with Crippen LogP contribution >= 0.6 is 11.3 Å². The zero-order valence-corrected chi connectivity index (χ0v) is 12.8. The fourth-order valence-electron chi connectivity index (χ4n) is 2.69. The summed E-state index contributed by atoms with van der Waals surface area (Å²) in [5.41, 5.74) is 7.65. The third kappa shape index (κ3) is 2.62. The van der Waals surface area contributed by atoms with Gasteiger partial charge in [0.2, 0.25) is 0 Å². The van der Waals surface area contributed by atoms with Gasteiger partial charge in [-0.3, -0.25) is 9.80 Å². The topological polar surface area (TPSA) is 32.5 Å². The van der Waals surface area contributed by atoms with Crippen LogP contribution in [0.3, 0.4) is 0 Å². The van der Waals surface area contributed by atoms with E-state index >= 15 is 0 Å². The first-order valence-electron chi connectivity index (χ1n) is 6.65. The van der Waals surface area contributed by atoms with Gasteiger partial charge < -0.3 is 5.73 Å². The lowest BCUT2D eigenvalue weighted by Gasteiger charge is -2.47. The third-order valence-corrected chi connectivity index (χ3v) is 5.33. The Morgan fingerprint density at radius 3 is 2.67 bits per heavy atom. The second-order valence-electron chi connectivity index (χ2n) is 5.92. The number of likely N-dealkylation sites (N-methyl/N-ethyl adjacent to an activating group) is 1. The van der Waals surface area contributed by atoms with Crippen LogP contribution in [-0.2, 0) is 0 Å². The quantitative estimate of drug-likeness (QED) is 0.910. The molecule has 3 nitrogen and oxygen atoms in total. The minimum atomic E-state index is 0.233. The second kappa shape index (κ2) is 5.29. The van der Waals surface area contributed by atoms with Crippen molar-refractivity contribution in [2.45, 2.75) is 32.4 Å². The largest absolute Gasteiger partial charge is 0.329 e. The highest BCUT2D eigenvalue weighted by molar-refractivity contribution is 7.10. The predicted octanol–water partition coefficient (Wildman–Crippen LogP) is 2.08. The van der Waals surface area contributed by atoms with E-state index in [1.165, 1.54) is 10.4 Å². The number of nitrogens with zero attached hydrogens (tertiary/aromatic N) is 2. The van der Waals surface area contributed by atoms with Gasteiger partial charge in [-0.05, 0) is 44.8 Å². The fourth-order valence-corrected chi connectivity index (χ4v) is 3.77. The Labute approximate surface area is 115 Å². The monoisotopic (exact) mass is 267 g/mol. The van der Waals surface area contributed by atoms with E-state index in [1.54, 1.807) is 0 Å². The molecule has 4 heteroatoms. The van der Waals surface area contributed by atoms with Crippen molar-refractivity contribution in [3.63, 3.8) is 0 Å². The Balaban J connectivity index is 2.17. The molecule has 0 spiro atoms. The summed E-state index contributed by atoms with van der Waals surface area (Å²) >= 11 is 1.84. The molecule has 1 aliphatic rings. The molecule has 2 rings (SSSR count). The van der Waals surface area contributed by atoms with Crippen LogP contribution in [0.25, 0.3) is 0 Å². The molecule has 0 aromatic carbocycles. The maximum atomic E-state index is 6.04. The fraction of sp³-hybridized carbons (Fsp3) is 0.714. The van der Waals surface area contributed by atoms with Crippen LogP contribution in [0.1, 0.15) is 30.3 Å². The van der Waals surface area contributed by atoms with Crippen molar-refractivity contribution in [1.82, 2.24) is 9.80 Å². The summed E-state index contributed by atoms with van der Waals surface area (Å²) in [6.07, 6.45) is 0. The molecule has 2 N–H and O–H groups in total. The Kier molecular flexibility index (Phi) is 4.11. The third-order valence-electron chi connectivity index (χ3n) is 4.21. The lowest BCUT2D eigenvalue weighted by atomic mass is 9.97. The zero-order chi connectivity index (χ0) is 13.3. The van der Waals surface area contributed by atoms with Crippen LogP contribution in [0.2, 0.25) is 0 Å². The van der Waals surface area contributed by atoms with Gasteiger partial charge in [0.15, 0.2) is 0 Å². The molecule has 1 aromatic rings. The second-order valence-corrected chi connectivity index (χ2v) is 6.87. The van der Waals surface area contributed by atoms with E-state index in [-0.39, 0.29) is 5.54 Å². The van der Waals surface area contributed by atoms with E-state index in [2.05, 4.69) is 49.1 Å². The summed E-state index contributed by atoms with van der Waals surface area (Å²) in [4.78, 5) is 6.44. The molecule has 0 saturated carbocycles. The van der Waals surface area contributed by atoms with Crippen LogP contribution in [0.5, 0.6) is 0 Å². The molecule has 1 saturated heterocycles. The average Bonchev–Trinajstić information content (AvgIpc) is 2.71. The highest BCUT2D eigenvalue weighted by Gasteiger charge is 2.34. The molecule has 18 heavy (non-hydrogen) atoms. The number of nitrogens with two attached hydrogens (primary N) is 1. The first-order valence-corrected chi connectivity index (χ1v) is 7.53. The average molecular weight is 267 g/mol. The Morgan fingerprint density at radius 1 is 1.44 bits per heavy atom. The molecule has 0 radical (unpaired) electrons. The van der Waals surface area contributed by atoms with E-state index < -0.39 is 0 Å². The highest BCUT2D eigenvalue weighted by Crippen LogP contribution is 2.31. The van der Waals surface area contributed by atoms with E-state index in [1.807, 2.05) is 11.3 Å². The van der Waals surface area contributed by atoms with E-state index in [0.717, 1.165) is 19.6 Å². The van der Waals surface area contributed by atoms with Crippen LogP contribution in [-0.4, -0.2) is 48.6 Å². The summed E-state index contributed by atoms with van der Waals surface area (Å²) in [6, 6.07) is 2.59. The summed E-state index contributed by atoms with van der Waals surface area (Å²) in [5.74, 6) is 0. The van der Waals surface area contributed by atoms with Gasteiger partial charge in [-0.25, -0.2) is 0 Å². The van der Waals surface area contributed by atoms with Crippen molar-refractivity contribution in [3.05, 3.63) is 21.9 Å². The molecule has 1 aromatic heterocycles. The minimum absolute atomic E-state index is 0.233. The van der Waals surface area contributed by atoms with Crippen molar-refractivity contribution >= 4 is 11.3 Å². The molecule has 1 fully saturated rings. The first-order chi connectivity index (χ1) is 8.45. The van der Waals surface area contributed by atoms with Gasteiger partial charge in [0, 0.05) is 36.6 Å². The predicted molar refractivity (Wildman–Crippen MR) is 79.1 cm³/mol. The van der Waals surface area contributed by atoms with Crippen LogP contribution in [0.15, 0.2) is 11.4 Å². The molecule has 102 valence electrons. The number of hydrogen-bond acceptors (Lipinski definition) is 4. The van der Waals surface area contributed by atoms with E-state index in [4.69, 9.17) is 5.73 Å². The van der Waals surface area contributed by atoms with Gasteiger partial charge >= 0.3 is 0 Å². The number of aryl methyl sites for hydroxylation is 1. The Hall–Kier alpha value is -0.420. The standard InChI is InChI=1S/C14H25N3S/c1-11-5-8-18-13(11)12(9-15)17-7-6-16(4)14(2,3)10-17/h5,8,12H,6-7,9-10,15H2,1-4H3. The maximum Gasteiger partial charge on any atom is 0.0568 e. The number of thiophene rings is 1. The molecule has 0 aliphatic carbocycles. The molecule has 2 heterocycles. The van der Waals surface area contributed by atoms with Gasteiger partial charge in [-0.15, -0.1) is 11.3 Å². The molecule has 1 unspecified atom stereocenters. The van der Waals surface area contributed by atoms with Crippen molar-refractivity contribution in [2.75, 3.05) is 33.2 Å². The summed E-state index contributed by atoms with van der Waals surface area (Å²) in [5, 5.41) is 2.18. The van der Waals surface area contributed by atoms with Crippen molar-refractivity contribution in [2.24, 2.45) is 5.73 Å². The number of hydrogen-bond donors (Lipinski definition) is 1. The lowest BCUT2D eigenvalue weighted by Crippen LogP contribution is -2.58. The molecule has 0 amide bonds. The SMILES string of the molecule is Cc1ccsc1C(CN)N1CCN(C)C(C)(C)C1. The summed E-state index contributed by atoms with van der Waals surface area (Å²) in [7, 11) is 2.21. The lowest BCUT2D eigenvalue weighted by molar-refractivity contribution is 0.0187. The molecule has 1 aliphatic heterocycles. The Bertz CT molecular complexity index is 399. The number of piperazine rings is 1. The summed E-state index contributed by atoms with van der Waals surface area (Å²) in [6.45, 7) is 10.8. The zero-order valence-electron chi connectivity index (χ0n) is 11.9. The highest BCUT2D eigenvalue weighted by atomic mass is 32.1. The number of rotatable bonds is 3. The molecule has 0 bridgehead atoms. The van der Waals surface area contributed by atoms with Crippen LogP contribution in [0, 0.1) is 6.92 Å². The first kappa shape index (κ1) is 14.0. The van der Waals surface area contributed by atoms with Crippen LogP contribution < -0.4 is 5.73 Å². The van der Waals surface area contributed by atoms with Crippen molar-refractivity contribution < 1.29 is 0 Å². The van der Waals surface area contributed by atoms with Crippen molar-refractivity contribution in [3.8, 4) is 0 Å². The maximum absolute atomic E-state index is 6.04. The van der Waals surface area contributed by atoms with Crippen LogP contribution in [0.4, 0.5) is 0 Å². The van der Waals surface area contributed by atoms with Gasteiger partial charge in [0.05, 0.1) is 6.04 Å². The van der Waals surface area contributed by atoms with Gasteiger partial charge in [0.1, 0.15) is 0 Å². The van der Waals surface area contributed by atoms with Crippen molar-refractivity contribution in [1.29, 1.82) is 0 Å². The van der Waals surface area contributed by atoms with E-state index in [9.17, 15) is 0 Å². The minimum Gasteiger partial charge on any atom is -0.329 e. The Morgan fingerprint density at radius 2 is 2.17 bits per heavy atom. The smallest absolute Gasteiger partial charge is 0.0568 e. The van der Waals surface area contributed by atoms with E-state index in [0.29, 0.717) is 12.6 Å².